The predicted octanol–water partition coefficient (Wildman–Crippen LogP) is 5.98. The van der Waals surface area contributed by atoms with Crippen molar-refractivity contribution in [2.24, 2.45) is 0 Å². The van der Waals surface area contributed by atoms with E-state index in [1.165, 1.54) is 24.1 Å². The lowest BCUT2D eigenvalue weighted by molar-refractivity contribution is -0.132. The van der Waals surface area contributed by atoms with Crippen molar-refractivity contribution < 1.29 is 23.8 Å². The summed E-state index contributed by atoms with van der Waals surface area (Å²) in [5.74, 6) is -2.33. The van der Waals surface area contributed by atoms with Crippen molar-refractivity contribution in [1.82, 2.24) is 0 Å². The van der Waals surface area contributed by atoms with Crippen LogP contribution in [0.25, 0.3) is 5.76 Å². The van der Waals surface area contributed by atoms with E-state index in [1.807, 2.05) is 44.2 Å². The quantitative estimate of drug-likeness (QED) is 0.277. The third kappa shape index (κ3) is 4.05. The molecule has 3 aromatic rings. The number of nitrogens with zero attached hydrogens (tertiary/aromatic N) is 1. The maximum atomic E-state index is 13.8. The van der Waals surface area contributed by atoms with Gasteiger partial charge in [-0.05, 0) is 54.8 Å². The molecule has 0 saturated carbocycles. The molecule has 1 aliphatic rings. The number of carbonyl (C=O) groups is 2. The molecule has 1 saturated heterocycles. The molecule has 1 heterocycles. The lowest BCUT2D eigenvalue weighted by Gasteiger charge is -2.26. The monoisotopic (exact) mass is 479 g/mol. The number of halogens is 2. The van der Waals surface area contributed by atoms with E-state index in [0.717, 1.165) is 23.6 Å². The number of ether oxygens (including phenoxy) is 1. The van der Waals surface area contributed by atoms with Gasteiger partial charge in [-0.2, -0.15) is 0 Å². The van der Waals surface area contributed by atoms with Crippen LogP contribution < -0.4 is 9.64 Å². The van der Waals surface area contributed by atoms with E-state index in [4.69, 9.17) is 16.3 Å². The molecule has 1 atom stereocenters. The Morgan fingerprint density at radius 1 is 1.09 bits per heavy atom. The number of benzene rings is 3. The number of hydrogen-bond acceptors (Lipinski definition) is 4. The van der Waals surface area contributed by atoms with Crippen LogP contribution in [0.15, 0.2) is 66.2 Å². The van der Waals surface area contributed by atoms with E-state index in [1.54, 1.807) is 12.1 Å². The molecule has 0 bridgehead atoms. The molecule has 5 nitrogen and oxygen atoms in total. The van der Waals surface area contributed by atoms with Gasteiger partial charge in [-0.1, -0.05) is 54.4 Å². The summed E-state index contributed by atoms with van der Waals surface area (Å²) in [6.07, 6.45) is 0.814. The largest absolute Gasteiger partial charge is 0.507 e. The molecule has 1 aliphatic heterocycles. The van der Waals surface area contributed by atoms with Crippen LogP contribution in [0.4, 0.5) is 10.1 Å². The molecule has 0 radical (unpaired) electrons. The highest BCUT2D eigenvalue weighted by Crippen LogP contribution is 2.44. The molecule has 1 unspecified atom stereocenters. The molecule has 0 spiro atoms. The van der Waals surface area contributed by atoms with Gasteiger partial charge in [0, 0.05) is 5.69 Å². The zero-order valence-electron chi connectivity index (χ0n) is 18.9. The first-order valence-electron chi connectivity index (χ1n) is 10.8. The number of carbonyl (C=O) groups excluding carboxylic acids is 2. The molecule has 0 aromatic heterocycles. The molecule has 1 N–H and O–H groups in total. The van der Waals surface area contributed by atoms with Gasteiger partial charge in [0.05, 0.1) is 29.3 Å². The number of aryl methyl sites for hydroxylation is 2. The summed E-state index contributed by atoms with van der Waals surface area (Å²) >= 11 is 5.99. The van der Waals surface area contributed by atoms with Crippen molar-refractivity contribution in [2.45, 2.75) is 26.3 Å². The molecule has 1 fully saturated rings. The van der Waals surface area contributed by atoms with Crippen LogP contribution in [0.3, 0.4) is 0 Å². The maximum Gasteiger partial charge on any atom is 0.300 e. The van der Waals surface area contributed by atoms with Gasteiger partial charge in [-0.15, -0.1) is 0 Å². The number of aliphatic hydroxyl groups excluding tert-OH is 1. The van der Waals surface area contributed by atoms with Gasteiger partial charge in [0.2, 0.25) is 0 Å². The Morgan fingerprint density at radius 2 is 1.79 bits per heavy atom. The fourth-order valence-electron chi connectivity index (χ4n) is 4.14. The molecule has 174 valence electrons. The first-order chi connectivity index (χ1) is 16.3. The Bertz CT molecular complexity index is 1320. The Hall–Kier alpha value is -3.64. The molecule has 0 aliphatic carbocycles. The number of methoxy groups -OCH3 is 1. The van der Waals surface area contributed by atoms with Crippen LogP contribution in [-0.4, -0.2) is 23.9 Å². The Balaban J connectivity index is 1.98. The number of anilines is 1. The minimum absolute atomic E-state index is 0.0846. The van der Waals surface area contributed by atoms with Crippen LogP contribution in [-0.2, 0) is 16.0 Å². The zero-order valence-corrected chi connectivity index (χ0v) is 19.7. The summed E-state index contributed by atoms with van der Waals surface area (Å²) in [5, 5.41) is 11.2. The summed E-state index contributed by atoms with van der Waals surface area (Å²) in [6, 6.07) is 15.5. The average molecular weight is 480 g/mol. The lowest BCUT2D eigenvalue weighted by atomic mass is 9.93. The standard InChI is InChI=1S/C27H23ClFNO4/c1-4-16-6-8-17(9-7-16)24-23(25(31)19-13-15(2)5-12-22(19)34-3)26(32)27(33)30(24)18-10-11-21(29)20(28)14-18/h5-14,24,31H,4H2,1-3H3/b25-23+. The fourth-order valence-corrected chi connectivity index (χ4v) is 4.31. The summed E-state index contributed by atoms with van der Waals surface area (Å²) in [4.78, 5) is 27.8. The number of ketones is 1. The van der Waals surface area contributed by atoms with Crippen LogP contribution in [0.5, 0.6) is 5.75 Å². The van der Waals surface area contributed by atoms with Crippen molar-refractivity contribution >= 4 is 34.7 Å². The van der Waals surface area contributed by atoms with Crippen molar-refractivity contribution in [1.29, 1.82) is 0 Å². The summed E-state index contributed by atoms with van der Waals surface area (Å²) in [6.45, 7) is 3.86. The average Bonchev–Trinajstić information content (AvgIpc) is 3.10. The summed E-state index contributed by atoms with van der Waals surface area (Å²) in [7, 11) is 1.46. The lowest BCUT2D eigenvalue weighted by Crippen LogP contribution is -2.29. The fraction of sp³-hybridized carbons (Fsp3) is 0.185. The Kier molecular flexibility index (Phi) is 6.44. The minimum Gasteiger partial charge on any atom is -0.507 e. The van der Waals surface area contributed by atoms with Crippen LogP contribution >= 0.6 is 11.6 Å². The SMILES string of the molecule is CCc1ccc(C2/C(=C(\O)c3cc(C)ccc3OC)C(=O)C(=O)N2c2ccc(F)c(Cl)c2)cc1. The number of Topliss-reactive ketones (excluding diaryl/α,β-unsaturated/α-hetero) is 1. The van der Waals surface area contributed by atoms with Crippen molar-refractivity contribution in [2.75, 3.05) is 12.0 Å². The second kappa shape index (κ2) is 9.31. The number of rotatable bonds is 5. The Labute approximate surface area is 202 Å². The molecular weight excluding hydrogens is 457 g/mol. The minimum atomic E-state index is -0.947. The van der Waals surface area contributed by atoms with E-state index in [2.05, 4.69) is 0 Å². The molecule has 34 heavy (non-hydrogen) atoms. The van der Waals surface area contributed by atoms with E-state index < -0.39 is 23.5 Å². The van der Waals surface area contributed by atoms with Crippen molar-refractivity contribution in [3.63, 3.8) is 0 Å². The van der Waals surface area contributed by atoms with Crippen LogP contribution in [0.1, 0.15) is 35.2 Å². The molecule has 1 amide bonds. The smallest absolute Gasteiger partial charge is 0.300 e. The highest BCUT2D eigenvalue weighted by molar-refractivity contribution is 6.51. The topological polar surface area (TPSA) is 66.8 Å². The van der Waals surface area contributed by atoms with Gasteiger partial charge in [-0.25, -0.2) is 4.39 Å². The first-order valence-corrected chi connectivity index (χ1v) is 11.1. The van der Waals surface area contributed by atoms with E-state index >= 15 is 0 Å². The second-order valence-corrected chi connectivity index (χ2v) is 8.47. The Morgan fingerprint density at radius 3 is 2.41 bits per heavy atom. The number of amides is 1. The summed E-state index contributed by atoms with van der Waals surface area (Å²) in [5.41, 5.74) is 2.99. The van der Waals surface area contributed by atoms with Gasteiger partial charge >= 0.3 is 0 Å². The molecule has 3 aromatic carbocycles. The van der Waals surface area contributed by atoms with E-state index in [-0.39, 0.29) is 22.0 Å². The van der Waals surface area contributed by atoms with Gasteiger partial charge < -0.3 is 9.84 Å². The highest BCUT2D eigenvalue weighted by Gasteiger charge is 2.47. The van der Waals surface area contributed by atoms with Crippen molar-refractivity contribution in [3.05, 3.63) is 99.3 Å². The van der Waals surface area contributed by atoms with Gasteiger partial charge in [0.25, 0.3) is 11.7 Å². The maximum absolute atomic E-state index is 13.8. The number of aliphatic hydroxyl groups is 1. The van der Waals surface area contributed by atoms with Crippen LogP contribution in [0.2, 0.25) is 5.02 Å². The third-order valence-electron chi connectivity index (χ3n) is 5.94. The highest BCUT2D eigenvalue weighted by atomic mass is 35.5. The molecule has 4 rings (SSSR count). The normalized spacial score (nSPS) is 17.3. The second-order valence-electron chi connectivity index (χ2n) is 8.07. The zero-order chi connectivity index (χ0) is 24.6. The molecular formula is C27H23ClFNO4. The van der Waals surface area contributed by atoms with Gasteiger partial charge in [0.1, 0.15) is 17.3 Å². The van der Waals surface area contributed by atoms with Gasteiger partial charge in [-0.3, -0.25) is 14.5 Å². The predicted molar refractivity (Wildman–Crippen MR) is 130 cm³/mol. The third-order valence-corrected chi connectivity index (χ3v) is 6.23. The van der Waals surface area contributed by atoms with E-state index in [9.17, 15) is 19.1 Å². The molecule has 7 heteroatoms. The van der Waals surface area contributed by atoms with Crippen molar-refractivity contribution in [3.8, 4) is 5.75 Å². The van der Waals surface area contributed by atoms with E-state index in [0.29, 0.717) is 16.9 Å². The summed E-state index contributed by atoms with van der Waals surface area (Å²) < 4.78 is 19.2. The first kappa shape index (κ1) is 23.5. The number of hydrogen-bond donors (Lipinski definition) is 1. The van der Waals surface area contributed by atoms with Gasteiger partial charge in [0.15, 0.2) is 0 Å². The van der Waals surface area contributed by atoms with Crippen LogP contribution in [0, 0.1) is 12.7 Å².